The van der Waals surface area contributed by atoms with E-state index in [1.54, 1.807) is 11.7 Å². The molecule has 0 saturated heterocycles. The van der Waals surface area contributed by atoms with Crippen LogP contribution in [0.2, 0.25) is 0 Å². The van der Waals surface area contributed by atoms with Crippen LogP contribution in [0.5, 0.6) is 0 Å². The van der Waals surface area contributed by atoms with Crippen LogP contribution in [-0.4, -0.2) is 22.2 Å². The van der Waals surface area contributed by atoms with E-state index in [9.17, 15) is 4.79 Å². The van der Waals surface area contributed by atoms with E-state index in [1.807, 2.05) is 0 Å². The number of aryl methyl sites for hydroxylation is 2. The minimum atomic E-state index is -0.423. The summed E-state index contributed by atoms with van der Waals surface area (Å²) in [6.45, 7) is 2.12. The fraction of sp³-hybridized carbons (Fsp3) is 0.556. The van der Waals surface area contributed by atoms with Crippen LogP contribution in [0, 0.1) is 0 Å². The minimum Gasteiger partial charge on any atom is -0.394 e. The zero-order valence-corrected chi connectivity index (χ0v) is 9.08. The van der Waals surface area contributed by atoms with Gasteiger partial charge in [-0.3, -0.25) is 9.48 Å². The second kappa shape index (κ2) is 4.68. The minimum absolute atomic E-state index is 0.0648. The van der Waals surface area contributed by atoms with Gasteiger partial charge in [0.05, 0.1) is 17.9 Å². The summed E-state index contributed by atoms with van der Waals surface area (Å²) >= 11 is 0. The standard InChI is InChI=1S/C9H17N5O/c1-3-4-6-8(11)9(14(2)13-6)12-5-7(10)15/h12H,3-5,11H2,1-2H3,(H2,10,15). The van der Waals surface area contributed by atoms with Crippen molar-refractivity contribution in [3.63, 3.8) is 0 Å². The van der Waals surface area contributed by atoms with Crippen molar-refractivity contribution in [1.29, 1.82) is 0 Å². The molecule has 6 heteroatoms. The molecule has 0 fully saturated rings. The first-order chi connectivity index (χ1) is 7.06. The molecular formula is C9H17N5O. The first-order valence-electron chi connectivity index (χ1n) is 4.89. The normalized spacial score (nSPS) is 10.3. The molecule has 0 aliphatic rings. The lowest BCUT2D eigenvalue weighted by Gasteiger charge is -2.04. The maximum absolute atomic E-state index is 10.6. The summed E-state index contributed by atoms with van der Waals surface area (Å²) in [6, 6.07) is 0. The number of carbonyl (C=O) groups is 1. The first kappa shape index (κ1) is 11.4. The average molecular weight is 211 g/mol. The number of carbonyl (C=O) groups excluding carboxylic acids is 1. The van der Waals surface area contributed by atoms with Gasteiger partial charge in [-0.2, -0.15) is 5.10 Å². The topological polar surface area (TPSA) is 99.0 Å². The summed E-state index contributed by atoms with van der Waals surface area (Å²) in [6.07, 6.45) is 1.81. The third-order valence-electron chi connectivity index (χ3n) is 2.08. The van der Waals surface area contributed by atoms with E-state index in [0.29, 0.717) is 11.5 Å². The Balaban J connectivity index is 2.82. The smallest absolute Gasteiger partial charge is 0.236 e. The lowest BCUT2D eigenvalue weighted by molar-refractivity contribution is -0.116. The summed E-state index contributed by atoms with van der Waals surface area (Å²) < 4.78 is 1.63. The zero-order valence-electron chi connectivity index (χ0n) is 9.08. The van der Waals surface area contributed by atoms with E-state index >= 15 is 0 Å². The lowest BCUT2D eigenvalue weighted by atomic mass is 10.2. The number of aromatic nitrogens is 2. The highest BCUT2D eigenvalue weighted by molar-refractivity contribution is 5.80. The Morgan fingerprint density at radius 1 is 1.60 bits per heavy atom. The molecule has 0 aromatic carbocycles. The number of nitrogens with zero attached hydrogens (tertiary/aromatic N) is 2. The second-order valence-electron chi connectivity index (χ2n) is 3.40. The predicted octanol–water partition coefficient (Wildman–Crippen LogP) is -0.148. The molecule has 0 spiro atoms. The van der Waals surface area contributed by atoms with Gasteiger partial charge in [0.2, 0.25) is 5.91 Å². The van der Waals surface area contributed by atoms with Crippen LogP contribution in [0.4, 0.5) is 11.5 Å². The third-order valence-corrected chi connectivity index (χ3v) is 2.08. The van der Waals surface area contributed by atoms with Gasteiger partial charge in [0.1, 0.15) is 5.82 Å². The molecular weight excluding hydrogens is 194 g/mol. The van der Waals surface area contributed by atoms with Crippen molar-refractivity contribution in [2.24, 2.45) is 12.8 Å². The predicted molar refractivity (Wildman–Crippen MR) is 59.3 cm³/mol. The van der Waals surface area contributed by atoms with Crippen molar-refractivity contribution in [3.8, 4) is 0 Å². The van der Waals surface area contributed by atoms with Crippen molar-refractivity contribution in [2.45, 2.75) is 19.8 Å². The second-order valence-corrected chi connectivity index (χ2v) is 3.40. The summed E-state index contributed by atoms with van der Waals surface area (Å²) in [4.78, 5) is 10.6. The number of primary amides is 1. The molecule has 0 unspecified atom stereocenters. The number of anilines is 2. The molecule has 84 valence electrons. The zero-order chi connectivity index (χ0) is 11.4. The van der Waals surface area contributed by atoms with E-state index in [2.05, 4.69) is 17.3 Å². The van der Waals surface area contributed by atoms with Gasteiger partial charge < -0.3 is 16.8 Å². The van der Waals surface area contributed by atoms with Crippen LogP contribution in [0.3, 0.4) is 0 Å². The Morgan fingerprint density at radius 3 is 2.80 bits per heavy atom. The molecule has 1 heterocycles. The maximum Gasteiger partial charge on any atom is 0.236 e. The summed E-state index contributed by atoms with van der Waals surface area (Å²) in [5, 5.41) is 7.12. The molecule has 1 aromatic rings. The molecule has 0 radical (unpaired) electrons. The SMILES string of the molecule is CCCc1nn(C)c(NCC(N)=O)c1N. The molecule has 0 aliphatic carbocycles. The monoisotopic (exact) mass is 211 g/mol. The summed E-state index contributed by atoms with van der Waals surface area (Å²) in [5.74, 6) is 0.227. The first-order valence-corrected chi connectivity index (χ1v) is 4.89. The van der Waals surface area contributed by atoms with Crippen LogP contribution in [0.15, 0.2) is 0 Å². The number of hydrogen-bond acceptors (Lipinski definition) is 4. The number of rotatable bonds is 5. The van der Waals surface area contributed by atoms with Gasteiger partial charge in [-0.25, -0.2) is 0 Å². The van der Waals surface area contributed by atoms with Crippen LogP contribution in [0.25, 0.3) is 0 Å². The Kier molecular flexibility index (Phi) is 3.54. The molecule has 1 rings (SSSR count). The van der Waals surface area contributed by atoms with E-state index in [4.69, 9.17) is 11.5 Å². The van der Waals surface area contributed by atoms with Gasteiger partial charge in [0.15, 0.2) is 0 Å². The molecule has 5 N–H and O–H groups in total. The van der Waals surface area contributed by atoms with Crippen LogP contribution < -0.4 is 16.8 Å². The Hall–Kier alpha value is -1.72. The molecule has 0 atom stereocenters. The highest BCUT2D eigenvalue weighted by Gasteiger charge is 2.12. The molecule has 1 amide bonds. The largest absolute Gasteiger partial charge is 0.394 e. The maximum atomic E-state index is 10.6. The Labute approximate surface area is 88.6 Å². The average Bonchev–Trinajstić information content (AvgIpc) is 2.40. The number of nitrogen functional groups attached to an aromatic ring is 1. The van der Waals surface area contributed by atoms with E-state index in [-0.39, 0.29) is 6.54 Å². The van der Waals surface area contributed by atoms with Crippen LogP contribution in [-0.2, 0) is 18.3 Å². The van der Waals surface area contributed by atoms with Crippen molar-refractivity contribution < 1.29 is 4.79 Å². The van der Waals surface area contributed by atoms with Gasteiger partial charge in [0.25, 0.3) is 0 Å². The van der Waals surface area contributed by atoms with Crippen molar-refractivity contribution >= 4 is 17.4 Å². The quantitative estimate of drug-likeness (QED) is 0.630. The van der Waals surface area contributed by atoms with Crippen molar-refractivity contribution in [2.75, 3.05) is 17.6 Å². The van der Waals surface area contributed by atoms with Crippen molar-refractivity contribution in [3.05, 3.63) is 5.69 Å². The van der Waals surface area contributed by atoms with Crippen molar-refractivity contribution in [1.82, 2.24) is 9.78 Å². The molecule has 6 nitrogen and oxygen atoms in total. The molecule has 1 aromatic heterocycles. The highest BCUT2D eigenvalue weighted by Crippen LogP contribution is 2.22. The molecule has 15 heavy (non-hydrogen) atoms. The number of hydrogen-bond donors (Lipinski definition) is 3. The Bertz CT molecular complexity index is 358. The van der Waals surface area contributed by atoms with Gasteiger partial charge in [-0.15, -0.1) is 0 Å². The molecule has 0 saturated carbocycles. The highest BCUT2D eigenvalue weighted by atomic mass is 16.1. The van der Waals surface area contributed by atoms with Crippen LogP contribution in [0.1, 0.15) is 19.0 Å². The van der Waals surface area contributed by atoms with Gasteiger partial charge >= 0.3 is 0 Å². The summed E-state index contributed by atoms with van der Waals surface area (Å²) in [5.41, 5.74) is 12.4. The van der Waals surface area contributed by atoms with Gasteiger partial charge in [-0.1, -0.05) is 13.3 Å². The van der Waals surface area contributed by atoms with E-state index in [0.717, 1.165) is 18.5 Å². The molecule has 0 bridgehead atoms. The summed E-state index contributed by atoms with van der Waals surface area (Å²) in [7, 11) is 1.78. The molecule has 0 aliphatic heterocycles. The number of nitrogens with two attached hydrogens (primary N) is 2. The van der Waals surface area contributed by atoms with E-state index < -0.39 is 5.91 Å². The fourth-order valence-electron chi connectivity index (χ4n) is 1.40. The van der Waals surface area contributed by atoms with Crippen LogP contribution >= 0.6 is 0 Å². The third kappa shape index (κ3) is 2.61. The van der Waals surface area contributed by atoms with E-state index in [1.165, 1.54) is 0 Å². The number of nitrogens with one attached hydrogen (secondary N) is 1. The number of amides is 1. The Morgan fingerprint density at radius 2 is 2.27 bits per heavy atom. The van der Waals surface area contributed by atoms with Gasteiger partial charge in [-0.05, 0) is 6.42 Å². The lowest BCUT2D eigenvalue weighted by Crippen LogP contribution is -2.23. The van der Waals surface area contributed by atoms with Gasteiger partial charge in [0, 0.05) is 7.05 Å². The fourth-order valence-corrected chi connectivity index (χ4v) is 1.40.